The molecule has 0 aliphatic rings. The van der Waals surface area contributed by atoms with Crippen molar-refractivity contribution in [3.8, 4) is 11.5 Å². The third-order valence-corrected chi connectivity index (χ3v) is 2.87. The van der Waals surface area contributed by atoms with Gasteiger partial charge in [0, 0.05) is 12.1 Å². The van der Waals surface area contributed by atoms with Crippen molar-refractivity contribution < 1.29 is 14.4 Å². The predicted molar refractivity (Wildman–Crippen MR) is 83.9 cm³/mol. The van der Waals surface area contributed by atoms with Crippen LogP contribution in [0.15, 0.2) is 47.6 Å². The van der Waals surface area contributed by atoms with E-state index in [0.717, 1.165) is 5.56 Å². The second-order valence-electron chi connectivity index (χ2n) is 4.29. The maximum atomic E-state index is 10.7. The Morgan fingerprint density at radius 3 is 2.59 bits per heavy atom. The quantitative estimate of drug-likeness (QED) is 0.503. The second kappa shape index (κ2) is 7.07. The van der Waals surface area contributed by atoms with E-state index in [9.17, 15) is 10.1 Å². The first-order valence-corrected chi connectivity index (χ1v) is 6.39. The summed E-state index contributed by atoms with van der Waals surface area (Å²) in [5, 5.41) is 14.7. The minimum absolute atomic E-state index is 0.00585. The molecule has 114 valence electrons. The normalized spacial score (nSPS) is 10.5. The molecule has 0 aromatic heterocycles. The molecule has 0 fully saturated rings. The highest BCUT2D eigenvalue weighted by atomic mass is 16.6. The van der Waals surface area contributed by atoms with Gasteiger partial charge in [-0.3, -0.25) is 15.5 Å². The smallest absolute Gasteiger partial charge is 0.271 e. The van der Waals surface area contributed by atoms with Gasteiger partial charge >= 0.3 is 0 Å². The monoisotopic (exact) mass is 301 g/mol. The number of nitro benzene ring substituents is 1. The number of hydrogen-bond acceptors (Lipinski definition) is 6. The van der Waals surface area contributed by atoms with E-state index >= 15 is 0 Å². The van der Waals surface area contributed by atoms with Crippen molar-refractivity contribution >= 4 is 17.6 Å². The van der Waals surface area contributed by atoms with Crippen LogP contribution < -0.4 is 14.9 Å². The number of nitro groups is 1. The van der Waals surface area contributed by atoms with Gasteiger partial charge in [0.1, 0.15) is 0 Å². The van der Waals surface area contributed by atoms with Crippen molar-refractivity contribution in [1.29, 1.82) is 0 Å². The number of non-ortho nitro benzene ring substituents is 1. The van der Waals surface area contributed by atoms with Crippen LogP contribution >= 0.6 is 0 Å². The minimum atomic E-state index is -0.455. The molecule has 0 heterocycles. The van der Waals surface area contributed by atoms with Crippen molar-refractivity contribution in [2.45, 2.75) is 0 Å². The molecule has 2 aromatic rings. The first kappa shape index (κ1) is 15.3. The van der Waals surface area contributed by atoms with Crippen LogP contribution in [0.5, 0.6) is 11.5 Å². The summed E-state index contributed by atoms with van der Waals surface area (Å²) in [4.78, 5) is 10.2. The number of nitrogens with zero attached hydrogens (tertiary/aromatic N) is 2. The number of hydrogen-bond donors (Lipinski definition) is 1. The number of ether oxygens (including phenoxy) is 2. The summed E-state index contributed by atoms with van der Waals surface area (Å²) >= 11 is 0. The van der Waals surface area contributed by atoms with Gasteiger partial charge in [-0.1, -0.05) is 6.07 Å². The van der Waals surface area contributed by atoms with Crippen LogP contribution in [-0.2, 0) is 0 Å². The fourth-order valence-corrected chi connectivity index (χ4v) is 1.80. The number of nitrogens with one attached hydrogen (secondary N) is 1. The zero-order chi connectivity index (χ0) is 15.9. The topological polar surface area (TPSA) is 86.0 Å². The third-order valence-electron chi connectivity index (χ3n) is 2.87. The Bertz CT molecular complexity index is 701. The number of benzene rings is 2. The highest BCUT2D eigenvalue weighted by Gasteiger charge is 2.05. The molecule has 0 saturated heterocycles. The number of hydrazone groups is 1. The van der Waals surface area contributed by atoms with Gasteiger partial charge in [0.15, 0.2) is 11.5 Å². The molecule has 0 aliphatic heterocycles. The zero-order valence-corrected chi connectivity index (χ0v) is 12.1. The molecule has 7 heteroatoms. The summed E-state index contributed by atoms with van der Waals surface area (Å²) in [7, 11) is 3.12. The van der Waals surface area contributed by atoms with Crippen molar-refractivity contribution in [3.05, 3.63) is 58.1 Å². The molecule has 2 rings (SSSR count). The van der Waals surface area contributed by atoms with Crippen LogP contribution in [0.4, 0.5) is 11.4 Å². The molecule has 0 bridgehead atoms. The molecular weight excluding hydrogens is 286 g/mol. The third kappa shape index (κ3) is 3.72. The molecule has 0 amide bonds. The fraction of sp³-hybridized carbons (Fsp3) is 0.133. The Balaban J connectivity index is 2.09. The molecule has 7 nitrogen and oxygen atoms in total. The molecule has 1 N–H and O–H groups in total. The molecule has 0 radical (unpaired) electrons. The van der Waals surface area contributed by atoms with Crippen LogP contribution in [0.3, 0.4) is 0 Å². The first-order chi connectivity index (χ1) is 10.6. The molecular formula is C15H15N3O4. The van der Waals surface area contributed by atoms with Crippen molar-refractivity contribution in [2.24, 2.45) is 5.10 Å². The Kier molecular flexibility index (Phi) is 4.92. The van der Waals surface area contributed by atoms with Crippen LogP contribution in [0, 0.1) is 10.1 Å². The van der Waals surface area contributed by atoms with Crippen molar-refractivity contribution in [3.63, 3.8) is 0 Å². The Morgan fingerprint density at radius 1 is 1.14 bits per heavy atom. The van der Waals surface area contributed by atoms with Gasteiger partial charge in [0.2, 0.25) is 0 Å². The molecule has 2 aromatic carbocycles. The standard InChI is InChI=1S/C15H15N3O4/c1-21-14-7-6-11(8-15(14)22-2)10-16-17-12-4-3-5-13(9-12)18(19)20/h3-10,17H,1-2H3/b16-10-. The molecule has 22 heavy (non-hydrogen) atoms. The van der Waals surface area contributed by atoms with Gasteiger partial charge in [0.25, 0.3) is 5.69 Å². The Hall–Kier alpha value is -3.09. The number of rotatable bonds is 6. The van der Waals surface area contributed by atoms with Gasteiger partial charge < -0.3 is 9.47 Å². The molecule has 0 spiro atoms. The zero-order valence-electron chi connectivity index (χ0n) is 12.1. The lowest BCUT2D eigenvalue weighted by Crippen LogP contribution is -1.94. The van der Waals surface area contributed by atoms with Crippen molar-refractivity contribution in [1.82, 2.24) is 0 Å². The van der Waals surface area contributed by atoms with E-state index < -0.39 is 4.92 Å². The average Bonchev–Trinajstić information content (AvgIpc) is 2.55. The largest absolute Gasteiger partial charge is 0.493 e. The Morgan fingerprint density at radius 2 is 1.91 bits per heavy atom. The summed E-state index contributed by atoms with van der Waals surface area (Å²) in [6.07, 6.45) is 1.58. The van der Waals surface area contributed by atoms with Crippen molar-refractivity contribution in [2.75, 3.05) is 19.6 Å². The van der Waals surface area contributed by atoms with Crippen LogP contribution in [0.25, 0.3) is 0 Å². The van der Waals surface area contributed by atoms with E-state index in [0.29, 0.717) is 17.2 Å². The fourth-order valence-electron chi connectivity index (χ4n) is 1.80. The lowest BCUT2D eigenvalue weighted by atomic mass is 10.2. The van der Waals surface area contributed by atoms with Gasteiger partial charge in [-0.05, 0) is 29.8 Å². The van der Waals surface area contributed by atoms with Gasteiger partial charge in [-0.25, -0.2) is 0 Å². The van der Waals surface area contributed by atoms with E-state index in [2.05, 4.69) is 10.5 Å². The average molecular weight is 301 g/mol. The maximum Gasteiger partial charge on any atom is 0.271 e. The SMILES string of the molecule is COc1ccc(/C=N\Nc2cccc([N+](=O)[O-])c2)cc1OC. The van der Waals surface area contributed by atoms with Crippen LogP contribution in [0.2, 0.25) is 0 Å². The maximum absolute atomic E-state index is 10.7. The summed E-state index contributed by atoms with van der Waals surface area (Å²) in [6.45, 7) is 0. The molecule has 0 saturated carbocycles. The number of methoxy groups -OCH3 is 2. The van der Waals surface area contributed by atoms with Gasteiger partial charge in [0.05, 0.1) is 31.0 Å². The highest BCUT2D eigenvalue weighted by Crippen LogP contribution is 2.26. The summed E-state index contributed by atoms with van der Waals surface area (Å²) in [6, 6.07) is 11.5. The highest BCUT2D eigenvalue weighted by molar-refractivity contribution is 5.81. The second-order valence-corrected chi connectivity index (χ2v) is 4.29. The van der Waals surface area contributed by atoms with Gasteiger partial charge in [-0.2, -0.15) is 5.10 Å². The van der Waals surface area contributed by atoms with E-state index in [1.165, 1.54) is 12.1 Å². The van der Waals surface area contributed by atoms with Gasteiger partial charge in [-0.15, -0.1) is 0 Å². The van der Waals surface area contributed by atoms with E-state index in [1.54, 1.807) is 44.7 Å². The van der Waals surface area contributed by atoms with E-state index in [4.69, 9.17) is 9.47 Å². The summed E-state index contributed by atoms with van der Waals surface area (Å²) < 4.78 is 10.4. The Labute approximate surface area is 127 Å². The summed E-state index contributed by atoms with van der Waals surface area (Å²) in [5.74, 6) is 1.23. The van der Waals surface area contributed by atoms with E-state index in [1.807, 2.05) is 6.07 Å². The van der Waals surface area contributed by atoms with E-state index in [-0.39, 0.29) is 5.69 Å². The van der Waals surface area contributed by atoms with Crippen LogP contribution in [-0.4, -0.2) is 25.4 Å². The lowest BCUT2D eigenvalue weighted by molar-refractivity contribution is -0.384. The minimum Gasteiger partial charge on any atom is -0.493 e. The van der Waals surface area contributed by atoms with Crippen LogP contribution in [0.1, 0.15) is 5.56 Å². The lowest BCUT2D eigenvalue weighted by Gasteiger charge is -2.07. The molecule has 0 aliphatic carbocycles. The predicted octanol–water partition coefficient (Wildman–Crippen LogP) is 3.06. The first-order valence-electron chi connectivity index (χ1n) is 6.39. The number of anilines is 1. The molecule has 0 unspecified atom stereocenters. The molecule has 0 atom stereocenters. The summed E-state index contributed by atoms with van der Waals surface area (Å²) in [5.41, 5.74) is 4.09.